The molecule has 1 N–H and O–H groups in total. The highest BCUT2D eigenvalue weighted by Gasteiger charge is 2.16. The lowest BCUT2D eigenvalue weighted by Gasteiger charge is -2.16. The molecule has 0 aliphatic rings. The van der Waals surface area contributed by atoms with E-state index in [0.29, 0.717) is 12.0 Å². The predicted molar refractivity (Wildman–Crippen MR) is 74.4 cm³/mol. The van der Waals surface area contributed by atoms with E-state index >= 15 is 0 Å². The molecule has 20 heavy (non-hydrogen) atoms. The van der Waals surface area contributed by atoms with E-state index < -0.39 is 11.6 Å². The van der Waals surface area contributed by atoms with Crippen LogP contribution in [0.3, 0.4) is 0 Å². The fourth-order valence-corrected chi connectivity index (χ4v) is 2.36. The topological polar surface area (TPSA) is 29.9 Å². The molecule has 1 aromatic heterocycles. The van der Waals surface area contributed by atoms with Gasteiger partial charge in [0, 0.05) is 13.1 Å². The van der Waals surface area contributed by atoms with Crippen LogP contribution in [0.2, 0.25) is 0 Å². The molecule has 0 amide bonds. The third-order valence-electron chi connectivity index (χ3n) is 3.40. The van der Waals surface area contributed by atoms with E-state index in [0.717, 1.165) is 23.9 Å². The third-order valence-corrected chi connectivity index (χ3v) is 3.40. The van der Waals surface area contributed by atoms with E-state index in [9.17, 15) is 8.78 Å². The van der Waals surface area contributed by atoms with Gasteiger partial charge in [-0.25, -0.2) is 8.78 Å². The number of hydrogen-bond donors (Lipinski definition) is 1. The fourth-order valence-electron chi connectivity index (χ4n) is 2.36. The number of rotatable bonds is 5. The summed E-state index contributed by atoms with van der Waals surface area (Å²) in [6.45, 7) is 2.04. The Morgan fingerprint density at radius 1 is 1.20 bits per heavy atom. The number of hydrogen-bond acceptors (Lipinski definition) is 2. The Labute approximate surface area is 117 Å². The van der Waals surface area contributed by atoms with Crippen molar-refractivity contribution in [2.45, 2.75) is 25.8 Å². The monoisotopic (exact) mass is 279 g/mol. The minimum Gasteiger partial charge on any atom is -0.311 e. The Kier molecular flexibility index (Phi) is 4.49. The summed E-state index contributed by atoms with van der Waals surface area (Å²) in [4.78, 5) is 0. The Morgan fingerprint density at radius 3 is 2.35 bits per heavy atom. The van der Waals surface area contributed by atoms with Crippen LogP contribution in [0, 0.1) is 11.6 Å². The van der Waals surface area contributed by atoms with E-state index in [4.69, 9.17) is 0 Å². The molecule has 0 bridgehead atoms. The molecule has 5 heteroatoms. The highest BCUT2D eigenvalue weighted by Crippen LogP contribution is 2.20. The van der Waals surface area contributed by atoms with Crippen LogP contribution in [-0.4, -0.2) is 16.8 Å². The lowest BCUT2D eigenvalue weighted by Crippen LogP contribution is -2.21. The van der Waals surface area contributed by atoms with E-state index in [-0.39, 0.29) is 6.04 Å². The van der Waals surface area contributed by atoms with Crippen molar-refractivity contribution in [2.24, 2.45) is 7.05 Å². The summed E-state index contributed by atoms with van der Waals surface area (Å²) in [5.41, 5.74) is 2.64. The van der Waals surface area contributed by atoms with Gasteiger partial charge in [0.05, 0.1) is 17.4 Å². The number of aromatic nitrogens is 2. The second kappa shape index (κ2) is 6.13. The number of aryl methyl sites for hydroxylation is 2. The minimum atomic E-state index is -0.547. The van der Waals surface area contributed by atoms with Gasteiger partial charge in [0.1, 0.15) is 11.6 Å². The molecule has 0 saturated heterocycles. The molecular weight excluding hydrogens is 260 g/mol. The summed E-state index contributed by atoms with van der Waals surface area (Å²) in [5, 5.41) is 7.58. The van der Waals surface area contributed by atoms with Crippen molar-refractivity contribution in [1.29, 1.82) is 0 Å². The van der Waals surface area contributed by atoms with Crippen LogP contribution in [0.15, 0.2) is 24.3 Å². The zero-order chi connectivity index (χ0) is 14.7. The second-order valence-electron chi connectivity index (χ2n) is 4.86. The molecule has 0 radical (unpaired) electrons. The molecule has 1 unspecified atom stereocenters. The van der Waals surface area contributed by atoms with Crippen LogP contribution >= 0.6 is 0 Å². The lowest BCUT2D eigenvalue weighted by atomic mass is 10.0. The normalized spacial score (nSPS) is 12.7. The largest absolute Gasteiger partial charge is 0.311 e. The van der Waals surface area contributed by atoms with Crippen molar-refractivity contribution >= 4 is 0 Å². The van der Waals surface area contributed by atoms with E-state index in [2.05, 4.69) is 10.4 Å². The second-order valence-corrected chi connectivity index (χ2v) is 4.86. The van der Waals surface area contributed by atoms with Gasteiger partial charge < -0.3 is 5.32 Å². The summed E-state index contributed by atoms with van der Waals surface area (Å²) >= 11 is 0. The van der Waals surface area contributed by atoms with Gasteiger partial charge in [-0.05, 0) is 43.7 Å². The zero-order valence-electron chi connectivity index (χ0n) is 12.0. The Morgan fingerprint density at radius 2 is 1.85 bits per heavy atom. The highest BCUT2D eigenvalue weighted by atomic mass is 19.1. The molecule has 0 fully saturated rings. The molecule has 1 heterocycles. The van der Waals surface area contributed by atoms with Crippen molar-refractivity contribution in [1.82, 2.24) is 15.1 Å². The van der Waals surface area contributed by atoms with Crippen molar-refractivity contribution in [3.8, 4) is 0 Å². The zero-order valence-corrected chi connectivity index (χ0v) is 12.0. The number of halogens is 2. The minimum absolute atomic E-state index is 0.0333. The molecule has 2 aromatic rings. The highest BCUT2D eigenvalue weighted by molar-refractivity contribution is 5.22. The molecule has 0 spiro atoms. The first kappa shape index (κ1) is 14.7. The molecule has 3 nitrogen and oxygen atoms in total. The predicted octanol–water partition coefficient (Wildman–Crippen LogP) is 2.76. The summed E-state index contributed by atoms with van der Waals surface area (Å²) in [6.07, 6.45) is 1.37. The summed E-state index contributed by atoms with van der Waals surface area (Å²) in [6, 6.07) is 5.61. The molecule has 1 aromatic carbocycles. The number of likely N-dealkylation sites (N-methyl/N-ethyl adjacent to an activating group) is 1. The smallest absolute Gasteiger partial charge is 0.126 e. The standard InChI is InChI=1S/C15H19F2N3/c1-4-13-9-15(20(3)19-13)14(18-2)7-10-5-11(16)8-12(17)6-10/h5-6,8-9,14,18H,4,7H2,1-3H3. The first-order chi connectivity index (χ1) is 9.53. The molecule has 0 aliphatic heterocycles. The van der Waals surface area contributed by atoms with Crippen LogP contribution in [0.5, 0.6) is 0 Å². The number of nitrogens with zero attached hydrogens (tertiary/aromatic N) is 2. The van der Waals surface area contributed by atoms with Crippen molar-refractivity contribution in [3.63, 3.8) is 0 Å². The average Bonchev–Trinajstić information content (AvgIpc) is 2.76. The van der Waals surface area contributed by atoms with Crippen molar-refractivity contribution < 1.29 is 8.78 Å². The first-order valence-electron chi connectivity index (χ1n) is 6.68. The first-order valence-corrected chi connectivity index (χ1v) is 6.68. The Balaban J connectivity index is 2.25. The quantitative estimate of drug-likeness (QED) is 0.912. The van der Waals surface area contributed by atoms with Gasteiger partial charge in [-0.2, -0.15) is 5.10 Å². The molecule has 0 aliphatic carbocycles. The van der Waals surface area contributed by atoms with E-state index in [1.807, 2.05) is 31.8 Å². The average molecular weight is 279 g/mol. The van der Waals surface area contributed by atoms with Gasteiger partial charge in [-0.3, -0.25) is 4.68 Å². The Hall–Kier alpha value is -1.75. The molecular formula is C15H19F2N3. The van der Waals surface area contributed by atoms with Crippen LogP contribution in [0.1, 0.15) is 29.9 Å². The van der Waals surface area contributed by atoms with Gasteiger partial charge in [-0.15, -0.1) is 0 Å². The molecule has 1 atom stereocenters. The van der Waals surface area contributed by atoms with Crippen LogP contribution in [-0.2, 0) is 19.9 Å². The number of nitrogens with one attached hydrogen (secondary N) is 1. The van der Waals surface area contributed by atoms with E-state index in [1.54, 1.807) is 0 Å². The van der Waals surface area contributed by atoms with E-state index in [1.165, 1.54) is 12.1 Å². The maximum absolute atomic E-state index is 13.2. The van der Waals surface area contributed by atoms with Gasteiger partial charge in [0.25, 0.3) is 0 Å². The molecule has 108 valence electrons. The van der Waals surface area contributed by atoms with Crippen LogP contribution in [0.4, 0.5) is 8.78 Å². The molecule has 0 saturated carbocycles. The maximum atomic E-state index is 13.2. The van der Waals surface area contributed by atoms with Crippen LogP contribution < -0.4 is 5.32 Å². The lowest BCUT2D eigenvalue weighted by molar-refractivity contribution is 0.529. The SMILES string of the molecule is CCc1cc(C(Cc2cc(F)cc(F)c2)NC)n(C)n1. The Bertz CT molecular complexity index is 573. The van der Waals surface area contributed by atoms with Gasteiger partial charge in [0.2, 0.25) is 0 Å². The van der Waals surface area contributed by atoms with Gasteiger partial charge in [-0.1, -0.05) is 6.92 Å². The van der Waals surface area contributed by atoms with Crippen molar-refractivity contribution in [3.05, 3.63) is 52.9 Å². The maximum Gasteiger partial charge on any atom is 0.126 e. The van der Waals surface area contributed by atoms with Gasteiger partial charge in [0.15, 0.2) is 0 Å². The summed E-state index contributed by atoms with van der Waals surface area (Å²) in [7, 11) is 3.71. The summed E-state index contributed by atoms with van der Waals surface area (Å²) in [5.74, 6) is -1.09. The van der Waals surface area contributed by atoms with Crippen LogP contribution in [0.25, 0.3) is 0 Å². The third kappa shape index (κ3) is 3.22. The summed E-state index contributed by atoms with van der Waals surface area (Å²) < 4.78 is 28.3. The van der Waals surface area contributed by atoms with Crippen molar-refractivity contribution in [2.75, 3.05) is 7.05 Å². The van der Waals surface area contributed by atoms with Gasteiger partial charge >= 0.3 is 0 Å². The number of benzene rings is 1. The fraction of sp³-hybridized carbons (Fsp3) is 0.400. The molecule has 2 rings (SSSR count).